The molecule has 17 heavy (non-hydrogen) atoms. The van der Waals surface area contributed by atoms with Gasteiger partial charge in [-0.3, -0.25) is 4.79 Å². The van der Waals surface area contributed by atoms with Crippen molar-refractivity contribution in [3.05, 3.63) is 12.2 Å². The molecule has 1 heterocycles. The molecule has 2 unspecified atom stereocenters. The molecule has 0 saturated carbocycles. The Balaban J connectivity index is 1.82. The molecule has 2 rings (SSSR count). The predicted octanol–water partition coefficient (Wildman–Crippen LogP) is 0.441. The van der Waals surface area contributed by atoms with Gasteiger partial charge in [-0.1, -0.05) is 17.3 Å². The molecule has 0 aromatic heterocycles. The van der Waals surface area contributed by atoms with Crippen molar-refractivity contribution in [2.75, 3.05) is 0 Å². The Morgan fingerprint density at radius 2 is 2.29 bits per heavy atom. The Kier molecular flexibility index (Phi) is 3.41. The Morgan fingerprint density at radius 3 is 2.88 bits per heavy atom. The average Bonchev–Trinajstić information content (AvgIpc) is 2.79. The van der Waals surface area contributed by atoms with Gasteiger partial charge in [-0.05, 0) is 19.3 Å². The van der Waals surface area contributed by atoms with Crippen LogP contribution in [0, 0.1) is 0 Å². The van der Waals surface area contributed by atoms with E-state index in [1.807, 2.05) is 6.08 Å². The van der Waals surface area contributed by atoms with Crippen molar-refractivity contribution in [3.63, 3.8) is 0 Å². The van der Waals surface area contributed by atoms with Crippen molar-refractivity contribution in [1.29, 1.82) is 0 Å². The van der Waals surface area contributed by atoms with E-state index in [9.17, 15) is 9.59 Å². The molecule has 92 valence electrons. The highest BCUT2D eigenvalue weighted by atomic mass is 16.6. The lowest BCUT2D eigenvalue weighted by atomic mass is 10.0. The summed E-state index contributed by atoms with van der Waals surface area (Å²) in [5.41, 5.74) is -0.103. The van der Waals surface area contributed by atoms with E-state index in [2.05, 4.69) is 16.5 Å². The Bertz CT molecular complexity index is 389. The van der Waals surface area contributed by atoms with Crippen LogP contribution in [-0.2, 0) is 14.4 Å². The Hall–Kier alpha value is -1.85. The van der Waals surface area contributed by atoms with Crippen LogP contribution < -0.4 is 5.32 Å². The molecule has 6 heteroatoms. The highest BCUT2D eigenvalue weighted by Crippen LogP contribution is 2.14. The topological polar surface area (TPSA) is 88.0 Å². The molecule has 0 saturated heterocycles. The monoisotopic (exact) mass is 238 g/mol. The first-order chi connectivity index (χ1) is 8.16. The van der Waals surface area contributed by atoms with E-state index in [-0.39, 0.29) is 24.1 Å². The van der Waals surface area contributed by atoms with E-state index in [1.165, 1.54) is 0 Å². The fraction of sp³-hybridized carbons (Fsp3) is 0.545. The number of hydrogen-bond acceptors (Lipinski definition) is 4. The van der Waals surface area contributed by atoms with Crippen LogP contribution in [0.5, 0.6) is 0 Å². The Labute approximate surface area is 98.3 Å². The van der Waals surface area contributed by atoms with E-state index in [4.69, 9.17) is 9.94 Å². The van der Waals surface area contributed by atoms with Gasteiger partial charge in [0.2, 0.25) is 6.10 Å². The number of carboxylic acid groups (broad SMARTS) is 1. The highest BCUT2D eigenvalue weighted by molar-refractivity contribution is 6.36. The third-order valence-corrected chi connectivity index (χ3v) is 2.82. The van der Waals surface area contributed by atoms with E-state index in [1.54, 1.807) is 0 Å². The normalized spacial score (nSPS) is 27.2. The van der Waals surface area contributed by atoms with Crippen molar-refractivity contribution in [3.8, 4) is 0 Å². The molecule has 0 radical (unpaired) electrons. The molecule has 0 bridgehead atoms. The van der Waals surface area contributed by atoms with E-state index in [0.29, 0.717) is 0 Å². The zero-order valence-corrected chi connectivity index (χ0v) is 9.26. The van der Waals surface area contributed by atoms with Crippen LogP contribution in [-0.4, -0.2) is 34.8 Å². The SMILES string of the molecule is O=C(O)C1=NOC(C(=O)NC2CC=CCC2)C1. The third kappa shape index (κ3) is 2.83. The van der Waals surface area contributed by atoms with Crippen LogP contribution in [0.4, 0.5) is 0 Å². The minimum absolute atomic E-state index is 0.0315. The molecule has 6 nitrogen and oxygen atoms in total. The molecular formula is C11H14N2O4. The first kappa shape index (κ1) is 11.6. The Morgan fingerprint density at radius 1 is 1.47 bits per heavy atom. The maximum absolute atomic E-state index is 11.8. The average molecular weight is 238 g/mol. The second-order valence-corrected chi connectivity index (χ2v) is 4.13. The second kappa shape index (κ2) is 4.99. The number of nitrogens with one attached hydrogen (secondary N) is 1. The van der Waals surface area contributed by atoms with Crippen LogP contribution in [0.15, 0.2) is 17.3 Å². The third-order valence-electron chi connectivity index (χ3n) is 2.82. The molecule has 0 spiro atoms. The lowest BCUT2D eigenvalue weighted by Crippen LogP contribution is -2.42. The molecule has 2 aliphatic rings. The summed E-state index contributed by atoms with van der Waals surface area (Å²) in [4.78, 5) is 27.2. The van der Waals surface area contributed by atoms with Gasteiger partial charge < -0.3 is 15.3 Å². The number of carbonyl (C=O) groups excluding carboxylic acids is 1. The van der Waals surface area contributed by atoms with Crippen molar-refractivity contribution in [2.45, 2.75) is 37.8 Å². The number of carboxylic acids is 1. The summed E-state index contributed by atoms with van der Waals surface area (Å²) in [7, 11) is 0. The largest absolute Gasteiger partial charge is 0.477 e. The van der Waals surface area contributed by atoms with E-state index in [0.717, 1.165) is 19.3 Å². The molecule has 1 aliphatic carbocycles. The van der Waals surface area contributed by atoms with Crippen LogP contribution in [0.3, 0.4) is 0 Å². The van der Waals surface area contributed by atoms with Gasteiger partial charge in [0.1, 0.15) is 0 Å². The van der Waals surface area contributed by atoms with Gasteiger partial charge in [-0.2, -0.15) is 0 Å². The fourth-order valence-electron chi connectivity index (χ4n) is 1.86. The van der Waals surface area contributed by atoms with E-state index >= 15 is 0 Å². The summed E-state index contributed by atoms with van der Waals surface area (Å²) in [5, 5.41) is 14.9. The zero-order valence-electron chi connectivity index (χ0n) is 9.26. The molecular weight excluding hydrogens is 224 g/mol. The molecule has 1 aliphatic heterocycles. The maximum atomic E-state index is 11.8. The molecule has 2 N–H and O–H groups in total. The minimum Gasteiger partial charge on any atom is -0.477 e. The predicted molar refractivity (Wildman–Crippen MR) is 59.5 cm³/mol. The highest BCUT2D eigenvalue weighted by Gasteiger charge is 2.32. The summed E-state index contributed by atoms with van der Waals surface area (Å²) in [6.45, 7) is 0. The molecule has 0 aromatic carbocycles. The lowest BCUT2D eigenvalue weighted by molar-refractivity contribution is -0.132. The van der Waals surface area contributed by atoms with Crippen LogP contribution in [0.2, 0.25) is 0 Å². The van der Waals surface area contributed by atoms with Gasteiger partial charge in [0.15, 0.2) is 5.71 Å². The molecule has 0 fully saturated rings. The number of hydrogen-bond donors (Lipinski definition) is 2. The van der Waals surface area contributed by atoms with Gasteiger partial charge in [0.25, 0.3) is 5.91 Å². The van der Waals surface area contributed by atoms with Crippen LogP contribution in [0.1, 0.15) is 25.7 Å². The fourth-order valence-corrected chi connectivity index (χ4v) is 1.86. The van der Waals surface area contributed by atoms with Crippen molar-refractivity contribution in [1.82, 2.24) is 5.32 Å². The summed E-state index contributed by atoms with van der Waals surface area (Å²) < 4.78 is 0. The minimum atomic E-state index is -1.14. The quantitative estimate of drug-likeness (QED) is 0.698. The van der Waals surface area contributed by atoms with Gasteiger partial charge in [-0.15, -0.1) is 0 Å². The second-order valence-electron chi connectivity index (χ2n) is 4.13. The number of rotatable bonds is 3. The van der Waals surface area contributed by atoms with Crippen LogP contribution in [0.25, 0.3) is 0 Å². The zero-order chi connectivity index (χ0) is 12.3. The number of oxime groups is 1. The number of nitrogens with zero attached hydrogens (tertiary/aromatic N) is 1. The van der Waals surface area contributed by atoms with Gasteiger partial charge >= 0.3 is 5.97 Å². The number of carbonyl (C=O) groups is 2. The number of allylic oxidation sites excluding steroid dienone is 1. The summed E-state index contributed by atoms with van der Waals surface area (Å²) in [6, 6.07) is 0.116. The molecule has 0 aromatic rings. The lowest BCUT2D eigenvalue weighted by Gasteiger charge is -2.20. The first-order valence-electron chi connectivity index (χ1n) is 5.58. The summed E-state index contributed by atoms with van der Waals surface area (Å²) in [6.07, 6.45) is 6.01. The maximum Gasteiger partial charge on any atom is 0.353 e. The van der Waals surface area contributed by atoms with E-state index < -0.39 is 12.1 Å². The van der Waals surface area contributed by atoms with Crippen molar-refractivity contribution >= 4 is 17.6 Å². The standard InChI is InChI=1S/C11H14N2O4/c14-10(12-7-4-2-1-3-5-7)9-6-8(11(15)16)13-17-9/h1-2,7,9H,3-6H2,(H,12,14)(H,15,16). The molecule has 2 atom stereocenters. The first-order valence-corrected chi connectivity index (χ1v) is 5.58. The van der Waals surface area contributed by atoms with Crippen molar-refractivity contribution < 1.29 is 19.5 Å². The van der Waals surface area contributed by atoms with Crippen molar-refractivity contribution in [2.24, 2.45) is 5.16 Å². The summed E-state index contributed by atoms with van der Waals surface area (Å²) in [5.74, 6) is -1.42. The van der Waals surface area contributed by atoms with Gasteiger partial charge in [0, 0.05) is 12.5 Å². The number of aliphatic carboxylic acids is 1. The van der Waals surface area contributed by atoms with Gasteiger partial charge in [0.05, 0.1) is 0 Å². The summed E-state index contributed by atoms with van der Waals surface area (Å²) >= 11 is 0. The van der Waals surface area contributed by atoms with Gasteiger partial charge in [-0.25, -0.2) is 4.79 Å². The molecule has 1 amide bonds. The number of amides is 1. The van der Waals surface area contributed by atoms with Crippen LogP contribution >= 0.6 is 0 Å². The smallest absolute Gasteiger partial charge is 0.353 e.